The number of hydrogen-bond acceptors (Lipinski definition) is 3. The van der Waals surface area contributed by atoms with Gasteiger partial charge in [-0.15, -0.1) is 0 Å². The van der Waals surface area contributed by atoms with Crippen LogP contribution < -0.4 is 0 Å². The molecule has 0 amide bonds. The summed E-state index contributed by atoms with van der Waals surface area (Å²) < 4.78 is 27.0. The molecule has 0 saturated heterocycles. The summed E-state index contributed by atoms with van der Waals surface area (Å²) in [6.45, 7) is 2.05. The highest BCUT2D eigenvalue weighted by Crippen LogP contribution is 2.36. The molecule has 2 rings (SSSR count). The molecule has 7 heteroatoms. The number of halogens is 2. The van der Waals surface area contributed by atoms with Crippen molar-refractivity contribution in [2.45, 2.75) is 43.7 Å². The number of aliphatic hydroxyl groups excluding tert-OH is 1. The highest BCUT2D eigenvalue weighted by atomic mass is 35.5. The zero-order valence-electron chi connectivity index (χ0n) is 11.1. The van der Waals surface area contributed by atoms with E-state index in [4.69, 9.17) is 23.2 Å². The molecule has 4 nitrogen and oxygen atoms in total. The van der Waals surface area contributed by atoms with Crippen molar-refractivity contribution in [1.82, 2.24) is 4.31 Å². The summed E-state index contributed by atoms with van der Waals surface area (Å²) >= 11 is 12.0. The van der Waals surface area contributed by atoms with Crippen molar-refractivity contribution in [2.24, 2.45) is 0 Å². The summed E-state index contributed by atoms with van der Waals surface area (Å²) in [6, 6.07) is 2.89. The Morgan fingerprint density at radius 3 is 2.50 bits per heavy atom. The van der Waals surface area contributed by atoms with E-state index in [1.807, 2.05) is 6.92 Å². The first-order valence-corrected chi connectivity index (χ1v) is 8.72. The predicted octanol–water partition coefficient (Wildman–Crippen LogP) is 3.05. The second kappa shape index (κ2) is 6.20. The fourth-order valence-corrected chi connectivity index (χ4v) is 4.81. The highest BCUT2D eigenvalue weighted by molar-refractivity contribution is 7.89. The lowest BCUT2D eigenvalue weighted by atomic mass is 10.2. The monoisotopic (exact) mass is 337 g/mol. The Kier molecular flexibility index (Phi) is 4.97. The molecular formula is C13H17Cl2NO3S. The Balaban J connectivity index is 2.50. The summed E-state index contributed by atoms with van der Waals surface area (Å²) in [5.74, 6) is 0. The number of nitrogens with zero attached hydrogens (tertiary/aromatic N) is 1. The molecule has 1 aromatic rings. The van der Waals surface area contributed by atoms with Gasteiger partial charge in [0, 0.05) is 17.6 Å². The van der Waals surface area contributed by atoms with Crippen LogP contribution in [0, 0.1) is 0 Å². The Morgan fingerprint density at radius 2 is 2.00 bits per heavy atom. The van der Waals surface area contributed by atoms with Crippen molar-refractivity contribution >= 4 is 33.2 Å². The van der Waals surface area contributed by atoms with Gasteiger partial charge in [0.1, 0.15) is 4.90 Å². The Labute approximate surface area is 129 Å². The Hall–Kier alpha value is -0.330. The van der Waals surface area contributed by atoms with E-state index in [-0.39, 0.29) is 27.6 Å². The molecule has 1 aromatic carbocycles. The number of sulfonamides is 1. The normalized spacial score (nSPS) is 15.8. The van der Waals surface area contributed by atoms with Gasteiger partial charge < -0.3 is 5.11 Å². The third kappa shape index (κ3) is 3.12. The van der Waals surface area contributed by atoms with Gasteiger partial charge in [0.15, 0.2) is 0 Å². The number of hydrogen-bond donors (Lipinski definition) is 1. The second-order valence-corrected chi connectivity index (χ2v) is 7.56. The van der Waals surface area contributed by atoms with Crippen LogP contribution in [0.1, 0.15) is 31.7 Å². The average Bonchev–Trinajstić information content (AvgIpc) is 3.22. The molecule has 1 N–H and O–H groups in total. The van der Waals surface area contributed by atoms with E-state index in [9.17, 15) is 13.5 Å². The molecule has 0 unspecified atom stereocenters. The molecule has 0 spiro atoms. The number of rotatable bonds is 6. The van der Waals surface area contributed by atoms with E-state index < -0.39 is 10.0 Å². The smallest absolute Gasteiger partial charge is 0.244 e. The van der Waals surface area contributed by atoms with Crippen LogP contribution in [-0.2, 0) is 16.6 Å². The topological polar surface area (TPSA) is 57.6 Å². The number of aliphatic hydroxyl groups is 1. The summed E-state index contributed by atoms with van der Waals surface area (Å²) in [6.07, 6.45) is 2.50. The van der Waals surface area contributed by atoms with Crippen molar-refractivity contribution < 1.29 is 13.5 Å². The molecule has 1 aliphatic carbocycles. The summed E-state index contributed by atoms with van der Waals surface area (Å²) in [5, 5.41) is 9.55. The van der Waals surface area contributed by atoms with E-state index in [0.717, 1.165) is 19.3 Å². The first kappa shape index (κ1) is 16.0. The number of benzene rings is 1. The van der Waals surface area contributed by atoms with E-state index in [2.05, 4.69) is 0 Å². The van der Waals surface area contributed by atoms with Gasteiger partial charge in [-0.1, -0.05) is 30.1 Å². The van der Waals surface area contributed by atoms with Crippen LogP contribution in [0.4, 0.5) is 0 Å². The van der Waals surface area contributed by atoms with Gasteiger partial charge in [-0.2, -0.15) is 4.31 Å². The maximum absolute atomic E-state index is 12.7. The van der Waals surface area contributed by atoms with Gasteiger partial charge >= 0.3 is 0 Å². The van der Waals surface area contributed by atoms with Crippen molar-refractivity contribution in [1.29, 1.82) is 0 Å². The minimum absolute atomic E-state index is 0.0175. The third-order valence-corrected chi connectivity index (χ3v) is 5.99. The first-order chi connectivity index (χ1) is 9.41. The fourth-order valence-electron chi connectivity index (χ4n) is 2.13. The minimum atomic E-state index is -3.68. The molecule has 112 valence electrons. The molecule has 0 heterocycles. The van der Waals surface area contributed by atoms with Gasteiger partial charge in [-0.05, 0) is 37.0 Å². The van der Waals surface area contributed by atoms with Gasteiger partial charge in [-0.3, -0.25) is 0 Å². The van der Waals surface area contributed by atoms with E-state index >= 15 is 0 Å². The summed E-state index contributed by atoms with van der Waals surface area (Å²) in [5.41, 5.74) is 0.324. The van der Waals surface area contributed by atoms with Crippen LogP contribution in [0.15, 0.2) is 17.0 Å². The Morgan fingerprint density at radius 1 is 1.35 bits per heavy atom. The standard InChI is InChI=1S/C13H17Cl2NO3S/c1-2-5-16(11-3-4-11)20(18,19)12-7-10(14)6-9(8-17)13(12)15/h6-7,11,17H,2-5,8H2,1H3. The van der Waals surface area contributed by atoms with Gasteiger partial charge in [-0.25, -0.2) is 8.42 Å². The molecule has 1 saturated carbocycles. The van der Waals surface area contributed by atoms with Crippen LogP contribution in [0.2, 0.25) is 10.0 Å². The summed E-state index contributed by atoms with van der Waals surface area (Å²) in [4.78, 5) is -0.0175. The maximum atomic E-state index is 12.7. The van der Waals surface area contributed by atoms with Gasteiger partial charge in [0.2, 0.25) is 10.0 Å². The lowest BCUT2D eigenvalue weighted by Crippen LogP contribution is -2.34. The second-order valence-electron chi connectivity index (χ2n) is 4.88. The molecule has 0 radical (unpaired) electrons. The van der Waals surface area contributed by atoms with Crippen LogP contribution in [0.3, 0.4) is 0 Å². The zero-order chi connectivity index (χ0) is 14.9. The average molecular weight is 338 g/mol. The predicted molar refractivity (Wildman–Crippen MR) is 79.6 cm³/mol. The van der Waals surface area contributed by atoms with Gasteiger partial charge in [0.05, 0.1) is 11.6 Å². The van der Waals surface area contributed by atoms with Crippen LogP contribution in [-0.4, -0.2) is 30.4 Å². The molecule has 0 atom stereocenters. The lowest BCUT2D eigenvalue weighted by Gasteiger charge is -2.22. The van der Waals surface area contributed by atoms with Crippen molar-refractivity contribution in [3.63, 3.8) is 0 Å². The van der Waals surface area contributed by atoms with Gasteiger partial charge in [0.25, 0.3) is 0 Å². The first-order valence-electron chi connectivity index (χ1n) is 6.52. The highest BCUT2D eigenvalue weighted by Gasteiger charge is 2.38. The largest absolute Gasteiger partial charge is 0.392 e. The van der Waals surface area contributed by atoms with E-state index in [0.29, 0.717) is 12.1 Å². The molecule has 1 fully saturated rings. The third-order valence-electron chi connectivity index (χ3n) is 3.23. The Bertz CT molecular complexity index is 600. The molecule has 0 aliphatic heterocycles. The van der Waals surface area contributed by atoms with E-state index in [1.165, 1.54) is 16.4 Å². The van der Waals surface area contributed by atoms with Crippen LogP contribution in [0.5, 0.6) is 0 Å². The quantitative estimate of drug-likeness (QED) is 0.867. The van der Waals surface area contributed by atoms with Crippen molar-refractivity contribution in [3.05, 3.63) is 27.7 Å². The lowest BCUT2D eigenvalue weighted by molar-refractivity contribution is 0.281. The minimum Gasteiger partial charge on any atom is -0.392 e. The maximum Gasteiger partial charge on any atom is 0.244 e. The van der Waals surface area contributed by atoms with E-state index in [1.54, 1.807) is 0 Å². The molecule has 1 aliphatic rings. The summed E-state index contributed by atoms with van der Waals surface area (Å²) in [7, 11) is -3.68. The van der Waals surface area contributed by atoms with Crippen molar-refractivity contribution in [2.75, 3.05) is 6.54 Å². The SMILES string of the molecule is CCCN(C1CC1)S(=O)(=O)c1cc(Cl)cc(CO)c1Cl. The van der Waals surface area contributed by atoms with Crippen molar-refractivity contribution in [3.8, 4) is 0 Å². The van der Waals surface area contributed by atoms with Crippen LogP contribution >= 0.6 is 23.2 Å². The molecule has 20 heavy (non-hydrogen) atoms. The molecule has 0 aromatic heterocycles. The van der Waals surface area contributed by atoms with Crippen LogP contribution in [0.25, 0.3) is 0 Å². The molecule has 0 bridgehead atoms. The zero-order valence-corrected chi connectivity index (χ0v) is 13.5. The fraction of sp³-hybridized carbons (Fsp3) is 0.538. The molecular weight excluding hydrogens is 321 g/mol.